The maximum Gasteiger partial charge on any atom is 0.192 e. The van der Waals surface area contributed by atoms with Crippen molar-refractivity contribution in [1.29, 1.82) is 0 Å². The second-order valence-electron chi connectivity index (χ2n) is 8.78. The number of halogens is 1. The van der Waals surface area contributed by atoms with Crippen molar-refractivity contribution in [3.05, 3.63) is 41.5 Å². The van der Waals surface area contributed by atoms with Gasteiger partial charge in [-0.3, -0.25) is 0 Å². The highest BCUT2D eigenvalue weighted by Crippen LogP contribution is 2.31. The smallest absolute Gasteiger partial charge is 0.192 e. The van der Waals surface area contributed by atoms with Gasteiger partial charge in [0.2, 0.25) is 0 Å². The summed E-state index contributed by atoms with van der Waals surface area (Å²) in [6.45, 7) is 8.66. The molecule has 178 valence electrons. The quantitative estimate of drug-likeness (QED) is 0.189. The fourth-order valence-corrected chi connectivity index (χ4v) is 3.79. The van der Waals surface area contributed by atoms with Gasteiger partial charge in [-0.1, -0.05) is 57.7 Å². The molecular formula is C24H39IN6O. The van der Waals surface area contributed by atoms with E-state index in [1.165, 1.54) is 31.2 Å². The molecule has 7 nitrogen and oxygen atoms in total. The molecule has 0 aliphatic carbocycles. The molecule has 0 radical (unpaired) electrons. The van der Waals surface area contributed by atoms with Crippen LogP contribution in [0.15, 0.2) is 29.3 Å². The van der Waals surface area contributed by atoms with Crippen LogP contribution in [-0.2, 0) is 13.6 Å². The molecule has 1 unspecified atom stereocenters. The lowest BCUT2D eigenvalue weighted by molar-refractivity contribution is 0.261. The van der Waals surface area contributed by atoms with Gasteiger partial charge >= 0.3 is 0 Å². The van der Waals surface area contributed by atoms with Crippen molar-refractivity contribution in [3.8, 4) is 5.75 Å². The molecule has 32 heavy (non-hydrogen) atoms. The van der Waals surface area contributed by atoms with E-state index in [0.29, 0.717) is 13.2 Å². The minimum atomic E-state index is 0. The average Bonchev–Trinajstić information content (AvgIpc) is 3.08. The number of hydrogen-bond acceptors (Lipinski definition) is 4. The summed E-state index contributed by atoms with van der Waals surface area (Å²) in [5, 5.41) is 15.5. The van der Waals surface area contributed by atoms with Crippen molar-refractivity contribution in [3.63, 3.8) is 0 Å². The Hall–Kier alpha value is -1.84. The van der Waals surface area contributed by atoms with Gasteiger partial charge < -0.3 is 19.9 Å². The molecule has 0 fully saturated rings. The number of nitrogens with one attached hydrogen (secondary N) is 2. The fourth-order valence-electron chi connectivity index (χ4n) is 3.79. The summed E-state index contributed by atoms with van der Waals surface area (Å²) in [5.74, 6) is 4.34. The van der Waals surface area contributed by atoms with Crippen LogP contribution in [0.3, 0.4) is 0 Å². The molecular weight excluding hydrogens is 515 g/mol. The Kier molecular flexibility index (Phi) is 11.3. The molecule has 0 saturated heterocycles. The lowest BCUT2D eigenvalue weighted by Crippen LogP contribution is -2.41. The van der Waals surface area contributed by atoms with Gasteiger partial charge in [-0.05, 0) is 25.3 Å². The van der Waals surface area contributed by atoms with E-state index >= 15 is 0 Å². The first-order valence-electron chi connectivity index (χ1n) is 11.7. The summed E-state index contributed by atoms with van der Waals surface area (Å²) in [7, 11) is 1.98. The van der Waals surface area contributed by atoms with Crippen molar-refractivity contribution in [2.75, 3.05) is 13.2 Å². The Morgan fingerprint density at radius 3 is 2.72 bits per heavy atom. The number of aryl methyl sites for hydroxylation is 1. The highest BCUT2D eigenvalue weighted by Gasteiger charge is 2.22. The zero-order valence-corrected chi connectivity index (χ0v) is 22.3. The summed E-state index contributed by atoms with van der Waals surface area (Å²) in [6.07, 6.45) is 7.24. The van der Waals surface area contributed by atoms with Gasteiger partial charge in [-0.2, -0.15) is 0 Å². The number of benzene rings is 1. The van der Waals surface area contributed by atoms with E-state index in [0.717, 1.165) is 48.7 Å². The van der Waals surface area contributed by atoms with Crippen LogP contribution in [0.5, 0.6) is 5.75 Å². The summed E-state index contributed by atoms with van der Waals surface area (Å²) in [5.41, 5.74) is 1.19. The van der Waals surface area contributed by atoms with Gasteiger partial charge in [0, 0.05) is 25.6 Å². The van der Waals surface area contributed by atoms with Gasteiger partial charge in [0.1, 0.15) is 18.1 Å². The SMILES string of the molecule is Cc1nnc(CN=C(NCCCCCCC(C)C)NC2CCOc3ccccc32)n1C.I. The molecule has 2 heterocycles. The van der Waals surface area contributed by atoms with Crippen molar-refractivity contribution in [2.24, 2.45) is 18.0 Å². The first kappa shape index (κ1) is 26.4. The molecule has 0 saturated carbocycles. The molecule has 1 aromatic carbocycles. The zero-order valence-electron chi connectivity index (χ0n) is 19.9. The normalized spacial score (nSPS) is 15.7. The van der Waals surface area contributed by atoms with Crippen LogP contribution in [0.2, 0.25) is 0 Å². The summed E-state index contributed by atoms with van der Waals surface area (Å²) in [6, 6.07) is 8.43. The summed E-state index contributed by atoms with van der Waals surface area (Å²) < 4.78 is 7.80. The number of ether oxygens (including phenoxy) is 1. The number of aromatic nitrogens is 3. The lowest BCUT2D eigenvalue weighted by Gasteiger charge is -2.28. The largest absolute Gasteiger partial charge is 0.493 e. The Balaban J connectivity index is 0.00000363. The van der Waals surface area contributed by atoms with E-state index in [9.17, 15) is 0 Å². The lowest BCUT2D eigenvalue weighted by atomic mass is 10.0. The predicted molar refractivity (Wildman–Crippen MR) is 141 cm³/mol. The highest BCUT2D eigenvalue weighted by atomic mass is 127. The first-order valence-corrected chi connectivity index (χ1v) is 11.7. The van der Waals surface area contributed by atoms with E-state index in [1.54, 1.807) is 0 Å². The van der Waals surface area contributed by atoms with Gasteiger partial charge in [-0.25, -0.2) is 4.99 Å². The van der Waals surface area contributed by atoms with Crippen LogP contribution in [-0.4, -0.2) is 33.9 Å². The molecule has 0 amide bonds. The third-order valence-electron chi connectivity index (χ3n) is 5.83. The zero-order chi connectivity index (χ0) is 22.1. The second kappa shape index (κ2) is 13.6. The van der Waals surface area contributed by atoms with Crippen molar-refractivity contribution in [2.45, 2.75) is 71.9 Å². The van der Waals surface area contributed by atoms with Crippen LogP contribution in [0, 0.1) is 12.8 Å². The Morgan fingerprint density at radius 1 is 1.19 bits per heavy atom. The third kappa shape index (κ3) is 7.94. The molecule has 1 aliphatic rings. The Labute approximate surface area is 209 Å². The number of guanidine groups is 1. The summed E-state index contributed by atoms with van der Waals surface area (Å²) >= 11 is 0. The van der Waals surface area contributed by atoms with Crippen molar-refractivity contribution >= 4 is 29.9 Å². The van der Waals surface area contributed by atoms with E-state index in [-0.39, 0.29) is 30.0 Å². The van der Waals surface area contributed by atoms with Crippen molar-refractivity contribution < 1.29 is 4.74 Å². The minimum Gasteiger partial charge on any atom is -0.493 e. The fraction of sp³-hybridized carbons (Fsp3) is 0.625. The Bertz CT molecular complexity index is 851. The van der Waals surface area contributed by atoms with Gasteiger partial charge in [0.25, 0.3) is 0 Å². The van der Waals surface area contributed by atoms with E-state index < -0.39 is 0 Å². The number of aliphatic imine (C=N–C) groups is 1. The second-order valence-corrected chi connectivity index (χ2v) is 8.78. The van der Waals surface area contributed by atoms with Crippen LogP contribution in [0.25, 0.3) is 0 Å². The maximum absolute atomic E-state index is 5.81. The van der Waals surface area contributed by atoms with Crippen LogP contribution in [0.4, 0.5) is 0 Å². The molecule has 1 aliphatic heterocycles. The number of hydrogen-bond donors (Lipinski definition) is 2. The standard InChI is InChI=1S/C24H38N6O.HI/c1-18(2)11-7-5-6-10-15-25-24(26-17-23-29-28-19(3)30(23)4)27-21-14-16-31-22-13-9-8-12-20(21)22;/h8-9,12-13,18,21H,5-7,10-11,14-17H2,1-4H3,(H2,25,26,27);1H. The molecule has 2 N–H and O–H groups in total. The monoisotopic (exact) mass is 554 g/mol. The molecule has 1 aromatic heterocycles. The van der Waals surface area contributed by atoms with E-state index in [1.807, 2.05) is 30.7 Å². The number of para-hydroxylation sites is 1. The van der Waals surface area contributed by atoms with E-state index in [4.69, 9.17) is 9.73 Å². The predicted octanol–water partition coefficient (Wildman–Crippen LogP) is 4.91. The molecule has 0 spiro atoms. The summed E-state index contributed by atoms with van der Waals surface area (Å²) in [4.78, 5) is 4.82. The molecule has 3 rings (SSSR count). The van der Waals surface area contributed by atoms with E-state index in [2.05, 4.69) is 46.8 Å². The van der Waals surface area contributed by atoms with Crippen molar-refractivity contribution in [1.82, 2.24) is 25.4 Å². The molecule has 1 atom stereocenters. The first-order chi connectivity index (χ1) is 15.0. The third-order valence-corrected chi connectivity index (χ3v) is 5.83. The molecule has 2 aromatic rings. The number of unbranched alkanes of at least 4 members (excludes halogenated alkanes) is 3. The minimum absolute atomic E-state index is 0. The van der Waals surface area contributed by atoms with Crippen LogP contribution >= 0.6 is 24.0 Å². The molecule has 0 bridgehead atoms. The Morgan fingerprint density at radius 2 is 1.97 bits per heavy atom. The average molecular weight is 555 g/mol. The highest BCUT2D eigenvalue weighted by molar-refractivity contribution is 14.0. The molecule has 8 heteroatoms. The maximum atomic E-state index is 5.81. The van der Waals surface area contributed by atoms with Crippen LogP contribution < -0.4 is 15.4 Å². The van der Waals surface area contributed by atoms with Gasteiger partial charge in [-0.15, -0.1) is 34.2 Å². The number of rotatable bonds is 10. The number of nitrogens with zero attached hydrogens (tertiary/aromatic N) is 4. The van der Waals surface area contributed by atoms with Gasteiger partial charge in [0.15, 0.2) is 11.8 Å². The van der Waals surface area contributed by atoms with Crippen LogP contribution in [0.1, 0.15) is 75.6 Å². The topological polar surface area (TPSA) is 76.4 Å². The number of fused-ring (bicyclic) bond motifs is 1. The van der Waals surface area contributed by atoms with Gasteiger partial charge in [0.05, 0.1) is 12.6 Å².